The van der Waals surface area contributed by atoms with Crippen LogP contribution >= 0.6 is 11.3 Å². The first-order valence-electron chi connectivity index (χ1n) is 7.54. The number of hydrogen-bond acceptors (Lipinski definition) is 4. The molecule has 0 atom stereocenters. The number of aryl methyl sites for hydroxylation is 1. The number of anilines is 1. The fraction of sp³-hybridized carbons (Fsp3) is 0.733. The average molecular weight is 280 g/mol. The van der Waals surface area contributed by atoms with Gasteiger partial charge in [0.05, 0.1) is 10.6 Å². The van der Waals surface area contributed by atoms with Crippen LogP contribution in [0.2, 0.25) is 0 Å². The number of nitrogens with zero attached hydrogens (tertiary/aromatic N) is 2. The molecule has 1 aromatic heterocycles. The maximum Gasteiger partial charge on any atom is 0.186 e. The van der Waals surface area contributed by atoms with E-state index in [1.54, 1.807) is 11.3 Å². The molecular weight excluding hydrogens is 256 g/mol. The molecule has 0 fully saturated rings. The molecule has 106 valence electrons. The molecule has 1 aliphatic carbocycles. The van der Waals surface area contributed by atoms with Crippen LogP contribution in [0, 0.1) is 0 Å². The van der Waals surface area contributed by atoms with E-state index in [-0.39, 0.29) is 0 Å². The van der Waals surface area contributed by atoms with Gasteiger partial charge in [-0.15, -0.1) is 0 Å². The van der Waals surface area contributed by atoms with Gasteiger partial charge >= 0.3 is 0 Å². The summed E-state index contributed by atoms with van der Waals surface area (Å²) >= 11 is 1.62. The zero-order valence-corrected chi connectivity index (χ0v) is 12.9. The standard InChI is InChI=1S/C15H24N2OS/c1-3-5-10-17(11-6-4-2)15-16-12-8-7-9-13(18)14(12)19-15/h3-11H2,1-2H3. The molecule has 0 saturated heterocycles. The Morgan fingerprint density at radius 3 is 2.42 bits per heavy atom. The maximum absolute atomic E-state index is 11.9. The Kier molecular flexibility index (Phi) is 5.37. The zero-order valence-electron chi connectivity index (χ0n) is 12.1. The van der Waals surface area contributed by atoms with Gasteiger partial charge in [-0.1, -0.05) is 38.0 Å². The van der Waals surface area contributed by atoms with Crippen LogP contribution in [0.1, 0.15) is 67.7 Å². The highest BCUT2D eigenvalue weighted by molar-refractivity contribution is 7.17. The van der Waals surface area contributed by atoms with Crippen LogP contribution in [0.25, 0.3) is 0 Å². The number of Topliss-reactive ketones (excluding diaryl/α,β-unsaturated/α-hetero) is 1. The monoisotopic (exact) mass is 280 g/mol. The van der Waals surface area contributed by atoms with E-state index in [9.17, 15) is 4.79 Å². The van der Waals surface area contributed by atoms with E-state index in [2.05, 4.69) is 18.7 Å². The van der Waals surface area contributed by atoms with Gasteiger partial charge < -0.3 is 4.90 Å². The van der Waals surface area contributed by atoms with Gasteiger partial charge in [-0.05, 0) is 25.7 Å². The molecule has 3 nitrogen and oxygen atoms in total. The minimum atomic E-state index is 0.302. The number of aromatic nitrogens is 1. The van der Waals surface area contributed by atoms with Crippen molar-refractivity contribution < 1.29 is 4.79 Å². The van der Waals surface area contributed by atoms with Crippen LogP contribution < -0.4 is 4.90 Å². The summed E-state index contributed by atoms with van der Waals surface area (Å²) in [5.41, 5.74) is 1.05. The number of ketones is 1. The fourth-order valence-corrected chi connectivity index (χ4v) is 3.52. The molecule has 0 aromatic carbocycles. The first-order valence-corrected chi connectivity index (χ1v) is 8.35. The summed E-state index contributed by atoms with van der Waals surface area (Å²) < 4.78 is 0. The highest BCUT2D eigenvalue weighted by atomic mass is 32.1. The fourth-order valence-electron chi connectivity index (χ4n) is 2.39. The summed E-state index contributed by atoms with van der Waals surface area (Å²) in [6, 6.07) is 0. The Labute approximate surface area is 120 Å². The van der Waals surface area contributed by atoms with Crippen LogP contribution in [0.15, 0.2) is 0 Å². The SMILES string of the molecule is CCCCN(CCCC)c1nc2c(s1)C(=O)CCC2. The maximum atomic E-state index is 11.9. The highest BCUT2D eigenvalue weighted by Gasteiger charge is 2.23. The van der Waals surface area contributed by atoms with Crippen molar-refractivity contribution in [2.24, 2.45) is 0 Å². The summed E-state index contributed by atoms with van der Waals surface area (Å²) in [6.45, 7) is 6.57. The second-order valence-electron chi connectivity index (χ2n) is 5.24. The molecule has 0 unspecified atom stereocenters. The third-order valence-electron chi connectivity index (χ3n) is 3.59. The smallest absolute Gasteiger partial charge is 0.186 e. The lowest BCUT2D eigenvalue weighted by molar-refractivity contribution is 0.0976. The van der Waals surface area contributed by atoms with E-state index in [0.29, 0.717) is 12.2 Å². The lowest BCUT2D eigenvalue weighted by Gasteiger charge is -2.21. The second-order valence-corrected chi connectivity index (χ2v) is 6.22. The summed E-state index contributed by atoms with van der Waals surface area (Å²) in [6.07, 6.45) is 7.45. The molecule has 0 bridgehead atoms. The number of thiazole rings is 1. The number of rotatable bonds is 7. The van der Waals surface area contributed by atoms with E-state index in [0.717, 1.165) is 41.6 Å². The van der Waals surface area contributed by atoms with Crippen molar-refractivity contribution in [3.8, 4) is 0 Å². The molecule has 4 heteroatoms. The van der Waals surface area contributed by atoms with Crippen LogP contribution in [0.3, 0.4) is 0 Å². The molecule has 1 aliphatic rings. The van der Waals surface area contributed by atoms with Crippen molar-refractivity contribution in [2.75, 3.05) is 18.0 Å². The Morgan fingerprint density at radius 2 is 1.84 bits per heavy atom. The van der Waals surface area contributed by atoms with Gasteiger partial charge in [-0.3, -0.25) is 4.79 Å². The first-order chi connectivity index (χ1) is 9.26. The normalized spacial score (nSPS) is 14.5. The van der Waals surface area contributed by atoms with Crippen molar-refractivity contribution in [1.82, 2.24) is 4.98 Å². The van der Waals surface area contributed by atoms with Gasteiger partial charge in [0, 0.05) is 19.5 Å². The summed E-state index contributed by atoms with van der Waals surface area (Å²) in [5, 5.41) is 1.07. The number of carbonyl (C=O) groups is 1. The lowest BCUT2D eigenvalue weighted by atomic mass is 10.0. The predicted octanol–water partition coefficient (Wildman–Crippen LogP) is 4.07. The minimum Gasteiger partial charge on any atom is -0.348 e. The third kappa shape index (κ3) is 3.56. The third-order valence-corrected chi connectivity index (χ3v) is 4.79. The van der Waals surface area contributed by atoms with Crippen molar-refractivity contribution in [3.05, 3.63) is 10.6 Å². The highest BCUT2D eigenvalue weighted by Crippen LogP contribution is 2.32. The lowest BCUT2D eigenvalue weighted by Crippen LogP contribution is -2.25. The van der Waals surface area contributed by atoms with E-state index in [4.69, 9.17) is 4.98 Å². The first kappa shape index (κ1) is 14.5. The molecule has 0 saturated carbocycles. The second kappa shape index (κ2) is 7.04. The Bertz CT molecular complexity index is 420. The molecule has 0 spiro atoms. The largest absolute Gasteiger partial charge is 0.348 e. The van der Waals surface area contributed by atoms with Gasteiger partial charge in [0.15, 0.2) is 10.9 Å². The molecule has 1 heterocycles. The van der Waals surface area contributed by atoms with Crippen molar-refractivity contribution in [2.45, 2.75) is 58.8 Å². The van der Waals surface area contributed by atoms with E-state index in [1.165, 1.54) is 25.7 Å². The van der Waals surface area contributed by atoms with E-state index in [1.807, 2.05) is 0 Å². The molecule has 0 amide bonds. The van der Waals surface area contributed by atoms with Gasteiger partial charge in [-0.25, -0.2) is 4.98 Å². The minimum absolute atomic E-state index is 0.302. The summed E-state index contributed by atoms with van der Waals surface area (Å²) in [7, 11) is 0. The van der Waals surface area contributed by atoms with E-state index >= 15 is 0 Å². The number of unbranched alkanes of at least 4 members (excludes halogenated alkanes) is 2. The van der Waals surface area contributed by atoms with Crippen LogP contribution in [0.5, 0.6) is 0 Å². The quantitative estimate of drug-likeness (QED) is 0.755. The van der Waals surface area contributed by atoms with Crippen LogP contribution in [-0.4, -0.2) is 23.9 Å². The Morgan fingerprint density at radius 1 is 1.16 bits per heavy atom. The summed E-state index contributed by atoms with van der Waals surface area (Å²) in [4.78, 5) is 19.9. The molecule has 0 radical (unpaired) electrons. The molecule has 2 rings (SSSR count). The van der Waals surface area contributed by atoms with Gasteiger partial charge in [0.2, 0.25) is 0 Å². The van der Waals surface area contributed by atoms with Gasteiger partial charge in [0.25, 0.3) is 0 Å². The molecular formula is C15H24N2OS. The van der Waals surface area contributed by atoms with Crippen molar-refractivity contribution in [3.63, 3.8) is 0 Å². The number of carbonyl (C=O) groups excluding carboxylic acids is 1. The van der Waals surface area contributed by atoms with Crippen molar-refractivity contribution in [1.29, 1.82) is 0 Å². The summed E-state index contributed by atoms with van der Waals surface area (Å²) in [5.74, 6) is 0.302. The van der Waals surface area contributed by atoms with E-state index < -0.39 is 0 Å². The molecule has 19 heavy (non-hydrogen) atoms. The average Bonchev–Trinajstić information content (AvgIpc) is 2.84. The number of hydrogen-bond donors (Lipinski definition) is 0. The number of fused-ring (bicyclic) bond motifs is 1. The van der Waals surface area contributed by atoms with Gasteiger partial charge in [-0.2, -0.15) is 0 Å². The van der Waals surface area contributed by atoms with Crippen molar-refractivity contribution >= 4 is 22.3 Å². The molecule has 1 aromatic rings. The van der Waals surface area contributed by atoms with Gasteiger partial charge in [0.1, 0.15) is 0 Å². The Hall–Kier alpha value is -0.900. The molecule has 0 aliphatic heterocycles. The Balaban J connectivity index is 2.13. The predicted molar refractivity (Wildman–Crippen MR) is 81.4 cm³/mol. The van der Waals surface area contributed by atoms with Crippen LogP contribution in [-0.2, 0) is 6.42 Å². The topological polar surface area (TPSA) is 33.2 Å². The zero-order chi connectivity index (χ0) is 13.7. The van der Waals surface area contributed by atoms with Crippen LogP contribution in [0.4, 0.5) is 5.13 Å². The molecule has 0 N–H and O–H groups in total.